The SMILES string of the molecule is O=CN1CCN(C(=O)c2ccc(N3CCCc4ccccc43)cn2)CC1. The molecule has 0 bridgehead atoms. The minimum atomic E-state index is -0.0684. The summed E-state index contributed by atoms with van der Waals surface area (Å²) in [6.07, 6.45) is 4.84. The van der Waals surface area contributed by atoms with Crippen LogP contribution in [-0.4, -0.2) is 59.8 Å². The van der Waals surface area contributed by atoms with Crippen LogP contribution in [0.4, 0.5) is 11.4 Å². The topological polar surface area (TPSA) is 56.8 Å². The molecule has 6 nitrogen and oxygen atoms in total. The third kappa shape index (κ3) is 3.14. The number of aryl methyl sites for hydroxylation is 1. The van der Waals surface area contributed by atoms with E-state index in [9.17, 15) is 9.59 Å². The van der Waals surface area contributed by atoms with Gasteiger partial charge < -0.3 is 14.7 Å². The van der Waals surface area contributed by atoms with Crippen molar-refractivity contribution < 1.29 is 9.59 Å². The monoisotopic (exact) mass is 350 g/mol. The molecule has 1 fully saturated rings. The highest BCUT2D eigenvalue weighted by molar-refractivity contribution is 5.92. The molecule has 4 rings (SSSR count). The summed E-state index contributed by atoms with van der Waals surface area (Å²) in [6.45, 7) is 3.23. The van der Waals surface area contributed by atoms with Crippen molar-refractivity contribution in [2.75, 3.05) is 37.6 Å². The van der Waals surface area contributed by atoms with E-state index in [4.69, 9.17) is 0 Å². The molecule has 1 aromatic heterocycles. The van der Waals surface area contributed by atoms with Gasteiger partial charge in [0.1, 0.15) is 5.69 Å². The summed E-state index contributed by atoms with van der Waals surface area (Å²) < 4.78 is 0. The van der Waals surface area contributed by atoms with Crippen molar-refractivity contribution in [1.82, 2.24) is 14.8 Å². The van der Waals surface area contributed by atoms with Crippen molar-refractivity contribution in [2.45, 2.75) is 12.8 Å². The van der Waals surface area contributed by atoms with Crippen molar-refractivity contribution in [2.24, 2.45) is 0 Å². The van der Waals surface area contributed by atoms with Gasteiger partial charge in [-0.3, -0.25) is 9.59 Å². The van der Waals surface area contributed by atoms with Crippen LogP contribution in [0.25, 0.3) is 0 Å². The molecular formula is C20H22N4O2. The van der Waals surface area contributed by atoms with Crippen LogP contribution in [0, 0.1) is 0 Å². The van der Waals surface area contributed by atoms with Crippen LogP contribution in [0.15, 0.2) is 42.6 Å². The zero-order chi connectivity index (χ0) is 17.9. The van der Waals surface area contributed by atoms with Gasteiger partial charge >= 0.3 is 0 Å². The molecule has 3 heterocycles. The number of piperazine rings is 1. The number of para-hydroxylation sites is 1. The molecule has 2 aliphatic heterocycles. The number of nitrogens with zero attached hydrogens (tertiary/aromatic N) is 4. The smallest absolute Gasteiger partial charge is 0.272 e. The van der Waals surface area contributed by atoms with Crippen molar-refractivity contribution in [1.29, 1.82) is 0 Å². The number of amides is 2. The number of aromatic nitrogens is 1. The van der Waals surface area contributed by atoms with E-state index >= 15 is 0 Å². The Hall–Kier alpha value is -2.89. The van der Waals surface area contributed by atoms with E-state index in [0.717, 1.165) is 31.5 Å². The van der Waals surface area contributed by atoms with Crippen molar-refractivity contribution >= 4 is 23.7 Å². The molecule has 1 aromatic carbocycles. The lowest BCUT2D eigenvalue weighted by Crippen LogP contribution is -2.48. The molecule has 2 aromatic rings. The van der Waals surface area contributed by atoms with Crippen molar-refractivity contribution in [3.05, 3.63) is 53.9 Å². The number of hydrogen-bond donors (Lipinski definition) is 0. The number of carbonyl (C=O) groups is 2. The van der Waals surface area contributed by atoms with E-state index in [0.29, 0.717) is 31.9 Å². The second-order valence-corrected chi connectivity index (χ2v) is 6.72. The highest BCUT2D eigenvalue weighted by atomic mass is 16.2. The molecule has 0 radical (unpaired) electrons. The molecule has 26 heavy (non-hydrogen) atoms. The van der Waals surface area contributed by atoms with Gasteiger partial charge in [-0.1, -0.05) is 18.2 Å². The van der Waals surface area contributed by atoms with Crippen LogP contribution in [0.5, 0.6) is 0 Å². The molecule has 0 N–H and O–H groups in total. The molecule has 1 saturated heterocycles. The van der Waals surface area contributed by atoms with E-state index in [1.54, 1.807) is 22.1 Å². The molecule has 6 heteroatoms. The molecule has 0 spiro atoms. The maximum atomic E-state index is 12.6. The number of anilines is 2. The Morgan fingerprint density at radius 3 is 2.54 bits per heavy atom. The molecule has 0 aliphatic carbocycles. The summed E-state index contributed by atoms with van der Waals surface area (Å²) in [5.74, 6) is -0.0684. The molecule has 134 valence electrons. The number of rotatable bonds is 3. The van der Waals surface area contributed by atoms with E-state index in [1.165, 1.54) is 11.3 Å². The number of hydrogen-bond acceptors (Lipinski definition) is 4. The quantitative estimate of drug-likeness (QED) is 0.796. The Morgan fingerprint density at radius 2 is 1.81 bits per heavy atom. The molecule has 2 aliphatic rings. The predicted octanol–water partition coefficient (Wildman–Crippen LogP) is 2.08. The average molecular weight is 350 g/mol. The Balaban J connectivity index is 1.49. The minimum Gasteiger partial charge on any atom is -0.342 e. The van der Waals surface area contributed by atoms with Crippen molar-refractivity contribution in [3.63, 3.8) is 0 Å². The van der Waals surface area contributed by atoms with E-state index in [2.05, 4.69) is 34.1 Å². The summed E-state index contributed by atoms with van der Waals surface area (Å²) in [7, 11) is 0. The third-order valence-electron chi connectivity index (χ3n) is 5.14. The van der Waals surface area contributed by atoms with E-state index in [1.807, 2.05) is 6.07 Å². The summed E-state index contributed by atoms with van der Waals surface area (Å²) in [6, 6.07) is 12.2. The molecule has 0 saturated carbocycles. The van der Waals surface area contributed by atoms with Crippen LogP contribution in [-0.2, 0) is 11.2 Å². The molecule has 2 amide bonds. The fourth-order valence-corrected chi connectivity index (χ4v) is 3.67. The van der Waals surface area contributed by atoms with Gasteiger partial charge in [0.15, 0.2) is 0 Å². The fourth-order valence-electron chi connectivity index (χ4n) is 3.67. The summed E-state index contributed by atoms with van der Waals surface area (Å²) >= 11 is 0. The van der Waals surface area contributed by atoms with Gasteiger partial charge in [-0.25, -0.2) is 4.98 Å². The Kier molecular flexibility index (Phi) is 4.56. The lowest BCUT2D eigenvalue weighted by atomic mass is 10.0. The van der Waals surface area contributed by atoms with E-state index in [-0.39, 0.29) is 5.91 Å². The van der Waals surface area contributed by atoms with Gasteiger partial charge in [0, 0.05) is 38.4 Å². The zero-order valence-corrected chi connectivity index (χ0v) is 14.7. The van der Waals surface area contributed by atoms with E-state index < -0.39 is 0 Å². The van der Waals surface area contributed by atoms with Gasteiger partial charge in [0.25, 0.3) is 5.91 Å². The Morgan fingerprint density at radius 1 is 1.00 bits per heavy atom. The largest absolute Gasteiger partial charge is 0.342 e. The average Bonchev–Trinajstić information content (AvgIpc) is 2.73. The maximum absolute atomic E-state index is 12.6. The Bertz CT molecular complexity index is 798. The lowest BCUT2D eigenvalue weighted by Gasteiger charge is -2.33. The van der Waals surface area contributed by atoms with Crippen LogP contribution in [0.3, 0.4) is 0 Å². The first-order valence-corrected chi connectivity index (χ1v) is 9.06. The standard InChI is InChI=1S/C20H22N4O2/c25-15-22-10-12-23(13-11-22)20(26)18-8-7-17(14-21-18)24-9-3-5-16-4-1-2-6-19(16)24/h1-2,4,6-8,14-15H,3,5,9-13H2. The summed E-state index contributed by atoms with van der Waals surface area (Å²) in [4.78, 5) is 33.6. The second kappa shape index (κ2) is 7.15. The molecule has 0 atom stereocenters. The maximum Gasteiger partial charge on any atom is 0.272 e. The van der Waals surface area contributed by atoms with Gasteiger partial charge in [-0.05, 0) is 36.6 Å². The van der Waals surface area contributed by atoms with Crippen LogP contribution in [0.1, 0.15) is 22.5 Å². The molecule has 0 unspecified atom stereocenters. The second-order valence-electron chi connectivity index (χ2n) is 6.72. The summed E-state index contributed by atoms with van der Waals surface area (Å²) in [5, 5.41) is 0. The first-order valence-electron chi connectivity index (χ1n) is 9.06. The highest BCUT2D eigenvalue weighted by Crippen LogP contribution is 2.32. The third-order valence-corrected chi connectivity index (χ3v) is 5.14. The summed E-state index contributed by atoms with van der Waals surface area (Å²) in [5.41, 5.74) is 4.05. The van der Waals surface area contributed by atoms with Gasteiger partial charge in [0.2, 0.25) is 6.41 Å². The predicted molar refractivity (Wildman–Crippen MR) is 99.5 cm³/mol. The molecular weight excluding hydrogens is 328 g/mol. The first kappa shape index (κ1) is 16.6. The fraction of sp³-hybridized carbons (Fsp3) is 0.350. The van der Waals surface area contributed by atoms with Crippen molar-refractivity contribution in [3.8, 4) is 0 Å². The van der Waals surface area contributed by atoms with Gasteiger partial charge in [-0.15, -0.1) is 0 Å². The first-order chi connectivity index (χ1) is 12.8. The Labute approximate surface area is 153 Å². The highest BCUT2D eigenvalue weighted by Gasteiger charge is 2.23. The lowest BCUT2D eigenvalue weighted by molar-refractivity contribution is -0.119. The number of pyridine rings is 1. The number of carbonyl (C=O) groups excluding carboxylic acids is 2. The minimum absolute atomic E-state index is 0.0684. The normalized spacial score (nSPS) is 17.0. The number of benzene rings is 1. The van der Waals surface area contributed by atoms with Crippen LogP contribution in [0.2, 0.25) is 0 Å². The van der Waals surface area contributed by atoms with Gasteiger partial charge in [0.05, 0.1) is 11.9 Å². The zero-order valence-electron chi connectivity index (χ0n) is 14.7. The number of fused-ring (bicyclic) bond motifs is 1. The van der Waals surface area contributed by atoms with Crippen LogP contribution < -0.4 is 4.90 Å². The van der Waals surface area contributed by atoms with Gasteiger partial charge in [-0.2, -0.15) is 0 Å². The van der Waals surface area contributed by atoms with Crippen LogP contribution >= 0.6 is 0 Å².